The number of amides is 1. The molecule has 1 aliphatic rings. The first-order valence-electron chi connectivity index (χ1n) is 9.32. The topological polar surface area (TPSA) is 79.9 Å². The summed E-state index contributed by atoms with van der Waals surface area (Å²) in [6.45, 7) is 2.17. The molecule has 0 bridgehead atoms. The maximum atomic E-state index is 13.6. The van der Waals surface area contributed by atoms with Crippen LogP contribution < -0.4 is 10.1 Å². The van der Waals surface area contributed by atoms with Crippen LogP contribution in [-0.2, 0) is 19.6 Å². The number of benzene rings is 1. The van der Waals surface area contributed by atoms with E-state index in [1.807, 2.05) is 0 Å². The molecule has 0 radical (unpaired) electrons. The van der Waals surface area contributed by atoms with Crippen LogP contribution in [0.15, 0.2) is 36.5 Å². The molecule has 0 saturated heterocycles. The van der Waals surface area contributed by atoms with Crippen LogP contribution in [-0.4, -0.2) is 15.7 Å². The van der Waals surface area contributed by atoms with Gasteiger partial charge in [-0.25, -0.2) is 9.07 Å². The molecule has 1 aromatic carbocycles. The van der Waals surface area contributed by atoms with E-state index in [4.69, 9.17) is 4.74 Å². The second-order valence-corrected chi connectivity index (χ2v) is 8.17. The molecule has 1 amide bonds. The van der Waals surface area contributed by atoms with Gasteiger partial charge < -0.3 is 10.1 Å². The lowest BCUT2D eigenvalue weighted by molar-refractivity contribution is 0.102. The molecule has 0 aliphatic heterocycles. The highest BCUT2D eigenvalue weighted by Gasteiger charge is 2.25. The summed E-state index contributed by atoms with van der Waals surface area (Å²) in [5.41, 5.74) is 1.83. The number of thiophene rings is 1. The first-order chi connectivity index (χ1) is 14.0. The van der Waals surface area contributed by atoms with Crippen LogP contribution in [0.1, 0.15) is 39.8 Å². The molecule has 8 heteroatoms. The normalized spacial score (nSPS) is 15.4. The average molecular weight is 410 g/mol. The van der Waals surface area contributed by atoms with E-state index in [9.17, 15) is 14.4 Å². The summed E-state index contributed by atoms with van der Waals surface area (Å²) in [4.78, 5) is 13.8. The van der Waals surface area contributed by atoms with Gasteiger partial charge in [0.15, 0.2) is 24.0 Å². The van der Waals surface area contributed by atoms with Gasteiger partial charge in [0, 0.05) is 11.1 Å². The molecule has 0 saturated carbocycles. The quantitative estimate of drug-likeness (QED) is 0.677. The van der Waals surface area contributed by atoms with Gasteiger partial charge in [-0.15, -0.1) is 11.3 Å². The number of halogens is 1. The number of aromatic nitrogens is 2. The SMILES string of the molecule is CC1CCc2c(sc(NC(=O)c3ccn(COc4ccccc4F)n3)c2C#N)C1. The third-order valence-corrected chi connectivity index (χ3v) is 6.08. The monoisotopic (exact) mass is 410 g/mol. The predicted molar refractivity (Wildman–Crippen MR) is 107 cm³/mol. The van der Waals surface area contributed by atoms with Gasteiger partial charge in [0.05, 0.1) is 5.56 Å². The van der Waals surface area contributed by atoms with E-state index in [-0.39, 0.29) is 18.2 Å². The summed E-state index contributed by atoms with van der Waals surface area (Å²) >= 11 is 1.47. The van der Waals surface area contributed by atoms with Crippen molar-refractivity contribution in [3.05, 3.63) is 64.0 Å². The number of ether oxygens (including phenoxy) is 1. The Balaban J connectivity index is 1.45. The molecule has 6 nitrogen and oxygen atoms in total. The number of carbonyl (C=O) groups excluding carboxylic acids is 1. The second-order valence-electron chi connectivity index (χ2n) is 7.07. The van der Waals surface area contributed by atoms with Crippen LogP contribution >= 0.6 is 11.3 Å². The zero-order chi connectivity index (χ0) is 20.4. The Bertz CT molecular complexity index is 1100. The third-order valence-electron chi connectivity index (χ3n) is 4.91. The van der Waals surface area contributed by atoms with Crippen LogP contribution in [0.25, 0.3) is 0 Å². The molecule has 29 heavy (non-hydrogen) atoms. The Morgan fingerprint density at radius 1 is 1.45 bits per heavy atom. The summed E-state index contributed by atoms with van der Waals surface area (Å²) < 4.78 is 20.4. The zero-order valence-corrected chi connectivity index (χ0v) is 16.6. The third kappa shape index (κ3) is 4.00. The first-order valence-corrected chi connectivity index (χ1v) is 10.1. The Morgan fingerprint density at radius 3 is 3.07 bits per heavy atom. The van der Waals surface area contributed by atoms with Gasteiger partial charge in [0.25, 0.3) is 5.91 Å². The lowest BCUT2D eigenvalue weighted by atomic mass is 9.89. The van der Waals surface area contributed by atoms with Gasteiger partial charge in [-0.3, -0.25) is 4.79 Å². The van der Waals surface area contributed by atoms with Gasteiger partial charge in [-0.2, -0.15) is 10.4 Å². The highest BCUT2D eigenvalue weighted by Crippen LogP contribution is 2.39. The minimum atomic E-state index is -0.461. The van der Waals surface area contributed by atoms with Gasteiger partial charge in [-0.05, 0) is 48.9 Å². The fraction of sp³-hybridized carbons (Fsp3) is 0.286. The maximum absolute atomic E-state index is 13.6. The Morgan fingerprint density at radius 2 is 2.28 bits per heavy atom. The largest absolute Gasteiger partial charge is 0.468 e. The molecule has 0 spiro atoms. The van der Waals surface area contributed by atoms with Crippen molar-refractivity contribution in [2.75, 3.05) is 5.32 Å². The number of fused-ring (bicyclic) bond motifs is 1. The van der Waals surface area contributed by atoms with E-state index in [2.05, 4.69) is 23.4 Å². The van der Waals surface area contributed by atoms with Crippen molar-refractivity contribution >= 4 is 22.2 Å². The molecule has 4 rings (SSSR count). The fourth-order valence-corrected chi connectivity index (χ4v) is 4.73. The van der Waals surface area contributed by atoms with Crippen LogP contribution in [0.4, 0.5) is 9.39 Å². The Labute approximate surface area is 171 Å². The van der Waals surface area contributed by atoms with E-state index < -0.39 is 11.7 Å². The lowest BCUT2D eigenvalue weighted by Gasteiger charge is -2.17. The summed E-state index contributed by atoms with van der Waals surface area (Å²) in [5.74, 6) is -0.150. The molecule has 148 valence electrons. The summed E-state index contributed by atoms with van der Waals surface area (Å²) in [5, 5.41) is 17.1. The number of nitrogens with zero attached hydrogens (tertiary/aromatic N) is 3. The molecular weight excluding hydrogens is 391 g/mol. The van der Waals surface area contributed by atoms with E-state index >= 15 is 0 Å². The summed E-state index contributed by atoms with van der Waals surface area (Å²) in [7, 11) is 0. The van der Waals surface area contributed by atoms with Crippen molar-refractivity contribution in [1.82, 2.24) is 9.78 Å². The molecule has 3 aromatic rings. The fourth-order valence-electron chi connectivity index (χ4n) is 3.38. The number of rotatable bonds is 5. The molecule has 1 unspecified atom stereocenters. The molecular formula is C21H19FN4O2S. The Hall–Kier alpha value is -3.18. The van der Waals surface area contributed by atoms with Gasteiger partial charge in [-0.1, -0.05) is 19.1 Å². The number of nitrogens with one attached hydrogen (secondary N) is 1. The van der Waals surface area contributed by atoms with Crippen molar-refractivity contribution in [1.29, 1.82) is 5.26 Å². The molecule has 1 N–H and O–H groups in total. The number of carbonyl (C=O) groups is 1. The lowest BCUT2D eigenvalue weighted by Crippen LogP contribution is -2.14. The molecule has 1 atom stereocenters. The van der Waals surface area contributed by atoms with Crippen molar-refractivity contribution in [3.63, 3.8) is 0 Å². The van der Waals surface area contributed by atoms with Crippen LogP contribution in [0.3, 0.4) is 0 Å². The molecule has 2 aromatic heterocycles. The maximum Gasteiger partial charge on any atom is 0.276 e. The minimum absolute atomic E-state index is 0.0250. The molecule has 1 aliphatic carbocycles. The van der Waals surface area contributed by atoms with Crippen LogP contribution in [0.2, 0.25) is 0 Å². The number of nitriles is 1. The van der Waals surface area contributed by atoms with Gasteiger partial charge in [0.1, 0.15) is 11.1 Å². The van der Waals surface area contributed by atoms with Crippen molar-refractivity contribution in [2.24, 2.45) is 5.92 Å². The second kappa shape index (κ2) is 8.05. The molecule has 2 heterocycles. The molecule has 0 fully saturated rings. The van der Waals surface area contributed by atoms with Crippen LogP contribution in [0, 0.1) is 23.1 Å². The van der Waals surface area contributed by atoms with Crippen LogP contribution in [0.5, 0.6) is 5.75 Å². The van der Waals surface area contributed by atoms with Crippen molar-refractivity contribution in [2.45, 2.75) is 32.9 Å². The smallest absolute Gasteiger partial charge is 0.276 e. The van der Waals surface area contributed by atoms with Crippen molar-refractivity contribution in [3.8, 4) is 11.8 Å². The highest BCUT2D eigenvalue weighted by atomic mass is 32.1. The first kappa shape index (κ1) is 19.2. The predicted octanol–water partition coefficient (Wildman–Crippen LogP) is 4.37. The number of hydrogen-bond acceptors (Lipinski definition) is 5. The standard InChI is InChI=1S/C21H19FN4O2S/c1-13-6-7-14-15(11-23)21(29-19(14)10-13)24-20(27)17-8-9-26(25-17)12-28-18-5-3-2-4-16(18)22/h2-5,8-9,13H,6-7,10,12H2,1H3,(H,24,27). The number of anilines is 1. The minimum Gasteiger partial charge on any atom is -0.468 e. The van der Waals surface area contributed by atoms with Crippen molar-refractivity contribution < 1.29 is 13.9 Å². The number of para-hydroxylation sites is 1. The highest BCUT2D eigenvalue weighted by molar-refractivity contribution is 7.16. The zero-order valence-electron chi connectivity index (χ0n) is 15.8. The summed E-state index contributed by atoms with van der Waals surface area (Å²) in [6.07, 6.45) is 4.45. The van der Waals surface area contributed by atoms with E-state index in [0.29, 0.717) is 16.5 Å². The van der Waals surface area contributed by atoms with Gasteiger partial charge in [0.2, 0.25) is 0 Å². The summed E-state index contributed by atoms with van der Waals surface area (Å²) in [6, 6.07) is 9.89. The van der Waals surface area contributed by atoms with Gasteiger partial charge >= 0.3 is 0 Å². The average Bonchev–Trinajstić information content (AvgIpc) is 3.31. The number of hydrogen-bond donors (Lipinski definition) is 1. The van der Waals surface area contributed by atoms with E-state index in [0.717, 1.165) is 24.8 Å². The Kier molecular flexibility index (Phi) is 5.32. The van der Waals surface area contributed by atoms with E-state index in [1.54, 1.807) is 24.4 Å². The van der Waals surface area contributed by atoms with E-state index in [1.165, 1.54) is 33.0 Å².